The Morgan fingerprint density at radius 3 is 1.52 bits per heavy atom. The predicted molar refractivity (Wildman–Crippen MR) is 255 cm³/mol. The van der Waals surface area contributed by atoms with Crippen LogP contribution in [0, 0.1) is 11.3 Å². The van der Waals surface area contributed by atoms with Crippen LogP contribution in [-0.2, 0) is 0 Å². The Hall–Kier alpha value is -8.32. The Balaban J connectivity index is 0.962. The number of nitrogens with zero attached hydrogens (tertiary/aromatic N) is 3. The number of fused-ring (bicyclic) bond motifs is 9. The second-order valence-corrected chi connectivity index (χ2v) is 15.8. The number of para-hydroxylation sites is 2. The predicted octanol–water partition coefficient (Wildman–Crippen LogP) is 15.3. The molecule has 3 nitrogen and oxygen atoms in total. The Labute approximate surface area is 352 Å². The molecule has 0 fully saturated rings. The molecule has 0 N–H and O–H groups in total. The molecule has 2 aromatic heterocycles. The van der Waals surface area contributed by atoms with E-state index in [2.05, 4.69) is 193 Å². The van der Waals surface area contributed by atoms with E-state index in [1.165, 1.54) is 54.6 Å². The van der Waals surface area contributed by atoms with E-state index in [1.54, 1.807) is 0 Å². The Bertz CT molecular complexity index is 3740. The van der Waals surface area contributed by atoms with E-state index in [1.807, 2.05) is 30.5 Å². The van der Waals surface area contributed by atoms with Gasteiger partial charge >= 0.3 is 0 Å². The molecular formula is C58H35N3. The highest BCUT2D eigenvalue weighted by molar-refractivity contribution is 6.24. The van der Waals surface area contributed by atoms with Crippen molar-refractivity contribution in [3.05, 3.63) is 218 Å². The highest BCUT2D eigenvalue weighted by atomic mass is 15.0. The number of hydrogen-bond donors (Lipinski definition) is 0. The number of pyridine rings is 1. The van der Waals surface area contributed by atoms with Crippen molar-refractivity contribution >= 4 is 65.0 Å². The molecule has 3 heteroatoms. The van der Waals surface area contributed by atoms with Crippen LogP contribution >= 0.6 is 0 Å². The average molecular weight is 774 g/mol. The zero-order valence-electron chi connectivity index (χ0n) is 33.0. The van der Waals surface area contributed by atoms with E-state index in [-0.39, 0.29) is 0 Å². The molecule has 0 atom stereocenters. The van der Waals surface area contributed by atoms with Crippen LogP contribution in [0.1, 0.15) is 5.56 Å². The lowest BCUT2D eigenvalue weighted by Gasteiger charge is -2.16. The van der Waals surface area contributed by atoms with E-state index < -0.39 is 0 Å². The Morgan fingerprint density at radius 2 is 0.885 bits per heavy atom. The van der Waals surface area contributed by atoms with Crippen LogP contribution in [0.5, 0.6) is 0 Å². The van der Waals surface area contributed by atoms with Crippen molar-refractivity contribution in [1.82, 2.24) is 9.55 Å². The second kappa shape index (κ2) is 13.9. The van der Waals surface area contributed by atoms with Gasteiger partial charge in [-0.15, -0.1) is 0 Å². The maximum Gasteiger partial charge on any atom is 0.0991 e. The van der Waals surface area contributed by atoms with Crippen molar-refractivity contribution in [2.24, 2.45) is 0 Å². The van der Waals surface area contributed by atoms with Gasteiger partial charge in [-0.05, 0) is 132 Å². The third-order valence-electron chi connectivity index (χ3n) is 12.5. The van der Waals surface area contributed by atoms with Crippen molar-refractivity contribution < 1.29 is 0 Å². The molecule has 0 spiro atoms. The van der Waals surface area contributed by atoms with Crippen molar-refractivity contribution in [2.75, 3.05) is 0 Å². The summed E-state index contributed by atoms with van der Waals surface area (Å²) in [5.74, 6) is 0. The second-order valence-electron chi connectivity index (χ2n) is 15.8. The van der Waals surface area contributed by atoms with Gasteiger partial charge in [-0.2, -0.15) is 5.26 Å². The fraction of sp³-hybridized carbons (Fsp3) is 0. The Kier molecular flexibility index (Phi) is 7.91. The summed E-state index contributed by atoms with van der Waals surface area (Å²) in [6.07, 6.45) is 1.87. The summed E-state index contributed by atoms with van der Waals surface area (Å²) in [4.78, 5) is 4.71. The highest BCUT2D eigenvalue weighted by Crippen LogP contribution is 2.43. The van der Waals surface area contributed by atoms with Gasteiger partial charge in [0.2, 0.25) is 0 Å². The summed E-state index contributed by atoms with van der Waals surface area (Å²) in [6, 6.07) is 76.4. The SMILES string of the molecule is N#Cc1ccc2c(c1)c1cc(-c3ccc(-c4cc5c6ccccc6c(-c6ccc(-c7cccc8cccnc78)cc6)cc5c5ccccc45)cc3)ccc1n2-c1ccccc1. The number of hydrogen-bond acceptors (Lipinski definition) is 2. The number of rotatable bonds is 5. The van der Waals surface area contributed by atoms with Crippen LogP contribution in [0.25, 0.3) is 115 Å². The average Bonchev–Trinajstić information content (AvgIpc) is 3.66. The molecule has 2 heterocycles. The van der Waals surface area contributed by atoms with Gasteiger partial charge in [0.05, 0.1) is 28.2 Å². The topological polar surface area (TPSA) is 41.6 Å². The van der Waals surface area contributed by atoms with Crippen LogP contribution in [0.4, 0.5) is 0 Å². The van der Waals surface area contributed by atoms with Gasteiger partial charge in [0.1, 0.15) is 0 Å². The Morgan fingerprint density at radius 1 is 0.361 bits per heavy atom. The molecule has 12 rings (SSSR count). The minimum absolute atomic E-state index is 0.658. The third-order valence-corrected chi connectivity index (χ3v) is 12.5. The van der Waals surface area contributed by atoms with Crippen LogP contribution in [-0.4, -0.2) is 9.55 Å². The smallest absolute Gasteiger partial charge is 0.0991 e. The molecule has 61 heavy (non-hydrogen) atoms. The minimum atomic E-state index is 0.658. The van der Waals surface area contributed by atoms with Gasteiger partial charge in [-0.3, -0.25) is 4.98 Å². The van der Waals surface area contributed by atoms with Crippen LogP contribution < -0.4 is 0 Å². The maximum atomic E-state index is 9.79. The van der Waals surface area contributed by atoms with E-state index in [9.17, 15) is 5.26 Å². The summed E-state index contributed by atoms with van der Waals surface area (Å²) < 4.78 is 2.29. The van der Waals surface area contributed by atoms with E-state index >= 15 is 0 Å². The summed E-state index contributed by atoms with van der Waals surface area (Å²) in [5, 5.41) is 20.6. The van der Waals surface area contributed by atoms with Crippen LogP contribution in [0.2, 0.25) is 0 Å². The lowest BCUT2D eigenvalue weighted by Crippen LogP contribution is -1.93. The number of aromatic nitrogens is 2. The van der Waals surface area contributed by atoms with Gasteiger partial charge < -0.3 is 4.57 Å². The quantitative estimate of drug-likeness (QED) is 0.163. The zero-order valence-corrected chi connectivity index (χ0v) is 33.0. The monoisotopic (exact) mass is 773 g/mol. The summed E-state index contributed by atoms with van der Waals surface area (Å²) in [6.45, 7) is 0. The van der Waals surface area contributed by atoms with E-state index in [0.717, 1.165) is 60.6 Å². The summed E-state index contributed by atoms with van der Waals surface area (Å²) in [7, 11) is 0. The summed E-state index contributed by atoms with van der Waals surface area (Å²) in [5.41, 5.74) is 14.4. The molecule has 12 aromatic rings. The van der Waals surface area contributed by atoms with E-state index in [4.69, 9.17) is 4.98 Å². The van der Waals surface area contributed by atoms with Crippen molar-refractivity contribution in [3.63, 3.8) is 0 Å². The molecule has 0 amide bonds. The molecule has 0 unspecified atom stereocenters. The fourth-order valence-corrected chi connectivity index (χ4v) is 9.57. The van der Waals surface area contributed by atoms with E-state index in [0.29, 0.717) is 5.56 Å². The first-order chi connectivity index (χ1) is 30.2. The fourth-order valence-electron chi connectivity index (χ4n) is 9.57. The first-order valence-corrected chi connectivity index (χ1v) is 20.7. The van der Waals surface area contributed by atoms with Crippen molar-refractivity contribution in [1.29, 1.82) is 5.26 Å². The van der Waals surface area contributed by atoms with Crippen LogP contribution in [0.15, 0.2) is 212 Å². The van der Waals surface area contributed by atoms with Gasteiger partial charge in [0.25, 0.3) is 0 Å². The summed E-state index contributed by atoms with van der Waals surface area (Å²) >= 11 is 0. The first-order valence-electron chi connectivity index (χ1n) is 20.7. The molecule has 10 aromatic carbocycles. The standard InChI is InChI=1S/C58H35N3/c59-36-37-19-29-56-54(32-37)55-33-43(28-30-57(55)61(56)44-12-2-1-3-13-44)38-20-22-40(23-21-38)50-34-52-49-17-7-5-15-47(49)51(35-53(52)48-16-6-4-14-46(48)50)41-26-24-39(25-27-41)45-18-8-10-42-11-9-31-60-58(42)45/h1-35H. The lowest BCUT2D eigenvalue weighted by atomic mass is 9.87. The number of nitriles is 1. The van der Waals surface area contributed by atoms with Gasteiger partial charge in [-0.25, -0.2) is 0 Å². The lowest BCUT2D eigenvalue weighted by molar-refractivity contribution is 1.18. The normalized spacial score (nSPS) is 11.6. The largest absolute Gasteiger partial charge is 0.309 e. The highest BCUT2D eigenvalue weighted by Gasteiger charge is 2.17. The molecule has 0 aliphatic rings. The van der Waals surface area contributed by atoms with Gasteiger partial charge in [0, 0.05) is 33.6 Å². The minimum Gasteiger partial charge on any atom is -0.309 e. The van der Waals surface area contributed by atoms with Crippen molar-refractivity contribution in [2.45, 2.75) is 0 Å². The maximum absolute atomic E-state index is 9.79. The molecule has 0 bridgehead atoms. The third kappa shape index (κ3) is 5.62. The molecule has 0 aliphatic carbocycles. The number of benzene rings is 10. The molecule has 0 saturated carbocycles. The molecule has 282 valence electrons. The molecule has 0 saturated heterocycles. The van der Waals surface area contributed by atoms with Crippen LogP contribution in [0.3, 0.4) is 0 Å². The molecular weight excluding hydrogens is 739 g/mol. The van der Waals surface area contributed by atoms with Gasteiger partial charge in [-0.1, -0.05) is 146 Å². The van der Waals surface area contributed by atoms with Crippen molar-refractivity contribution in [3.8, 4) is 56.3 Å². The molecule has 0 radical (unpaired) electrons. The molecule has 0 aliphatic heterocycles. The first kappa shape index (κ1) is 34.7. The van der Waals surface area contributed by atoms with Gasteiger partial charge in [0.15, 0.2) is 0 Å². The zero-order chi connectivity index (χ0) is 40.4.